The number of sulfonamides is 1. The van der Waals surface area contributed by atoms with Crippen LogP contribution >= 0.6 is 11.5 Å². The first kappa shape index (κ1) is 12.2. The molecule has 0 spiro atoms. The first-order valence-corrected chi connectivity index (χ1v) is 6.60. The minimum atomic E-state index is -3.65. The van der Waals surface area contributed by atoms with E-state index in [0.29, 0.717) is 24.6 Å². The molecule has 3 N–H and O–H groups in total. The summed E-state index contributed by atoms with van der Waals surface area (Å²) in [5, 5.41) is 9.43. The van der Waals surface area contributed by atoms with Crippen LogP contribution in [0.1, 0.15) is 13.8 Å². The molecule has 86 valence electrons. The quantitative estimate of drug-likeness (QED) is 0.810. The first-order valence-electron chi connectivity index (χ1n) is 4.39. The van der Waals surface area contributed by atoms with Gasteiger partial charge in [0.2, 0.25) is 0 Å². The number of hydrogen-bond donors (Lipinski definition) is 2. The van der Waals surface area contributed by atoms with E-state index in [2.05, 4.69) is 4.37 Å². The van der Waals surface area contributed by atoms with Crippen molar-refractivity contribution in [3.63, 3.8) is 0 Å². The molecule has 1 aromatic rings. The Morgan fingerprint density at radius 2 is 2.00 bits per heavy atom. The molecule has 0 saturated carbocycles. The third-order valence-electron chi connectivity index (χ3n) is 1.94. The van der Waals surface area contributed by atoms with E-state index >= 15 is 0 Å². The lowest BCUT2D eigenvalue weighted by Crippen LogP contribution is -2.30. The van der Waals surface area contributed by atoms with Gasteiger partial charge in [-0.05, 0) is 11.5 Å². The predicted molar refractivity (Wildman–Crippen MR) is 58.3 cm³/mol. The van der Waals surface area contributed by atoms with Crippen LogP contribution in [0.3, 0.4) is 0 Å². The fraction of sp³-hybridized carbons (Fsp3) is 0.571. The summed E-state index contributed by atoms with van der Waals surface area (Å²) < 4.78 is 28.5. The maximum absolute atomic E-state index is 11.9. The van der Waals surface area contributed by atoms with Gasteiger partial charge >= 0.3 is 0 Å². The smallest absolute Gasteiger partial charge is 0.257 e. The Morgan fingerprint density at radius 1 is 1.47 bits per heavy atom. The van der Waals surface area contributed by atoms with Gasteiger partial charge in [0.15, 0.2) is 15.8 Å². The molecule has 0 fully saturated rings. The van der Waals surface area contributed by atoms with Crippen LogP contribution in [0.15, 0.2) is 4.21 Å². The average Bonchev–Trinajstić information content (AvgIpc) is 2.49. The lowest BCUT2D eigenvalue weighted by atomic mass is 10.6. The van der Waals surface area contributed by atoms with Gasteiger partial charge in [0.05, 0.1) is 0 Å². The average molecular weight is 251 g/mol. The van der Waals surface area contributed by atoms with E-state index in [-0.39, 0.29) is 10.0 Å². The van der Waals surface area contributed by atoms with Crippen molar-refractivity contribution in [3.05, 3.63) is 0 Å². The highest BCUT2D eigenvalue weighted by molar-refractivity contribution is 7.91. The lowest BCUT2D eigenvalue weighted by Gasteiger charge is -2.16. The van der Waals surface area contributed by atoms with E-state index in [1.807, 2.05) is 0 Å². The minimum absolute atomic E-state index is 0.147. The number of anilines is 1. The summed E-state index contributed by atoms with van der Waals surface area (Å²) in [5.41, 5.74) is 5.29. The summed E-state index contributed by atoms with van der Waals surface area (Å²) in [7, 11) is -3.65. The molecular weight excluding hydrogens is 238 g/mol. The van der Waals surface area contributed by atoms with Crippen LogP contribution in [0.2, 0.25) is 0 Å². The molecule has 1 heterocycles. The molecule has 1 rings (SSSR count). The Hall–Kier alpha value is -0.860. The van der Waals surface area contributed by atoms with Gasteiger partial charge in [-0.15, -0.1) is 0 Å². The van der Waals surface area contributed by atoms with E-state index in [0.717, 1.165) is 0 Å². The van der Waals surface area contributed by atoms with Gasteiger partial charge in [-0.2, -0.15) is 8.68 Å². The zero-order valence-electron chi connectivity index (χ0n) is 8.47. The summed E-state index contributed by atoms with van der Waals surface area (Å²) in [4.78, 5) is 0. The van der Waals surface area contributed by atoms with Gasteiger partial charge in [-0.25, -0.2) is 8.42 Å². The van der Waals surface area contributed by atoms with Crippen molar-refractivity contribution in [1.29, 1.82) is 0 Å². The van der Waals surface area contributed by atoms with Crippen LogP contribution in [-0.2, 0) is 10.0 Å². The van der Waals surface area contributed by atoms with Crippen LogP contribution in [0, 0.1) is 0 Å². The summed E-state index contributed by atoms with van der Waals surface area (Å²) in [6.45, 7) is 4.14. The van der Waals surface area contributed by atoms with Crippen molar-refractivity contribution in [2.45, 2.75) is 18.1 Å². The van der Waals surface area contributed by atoms with Crippen LogP contribution in [0.25, 0.3) is 0 Å². The maximum Gasteiger partial charge on any atom is 0.257 e. The molecule has 0 unspecified atom stereocenters. The number of nitrogens with two attached hydrogens (primary N) is 1. The topological polar surface area (TPSA) is 96.5 Å². The lowest BCUT2D eigenvalue weighted by molar-refractivity contribution is 0.434. The van der Waals surface area contributed by atoms with Crippen LogP contribution in [-0.4, -0.2) is 35.3 Å². The fourth-order valence-corrected chi connectivity index (χ4v) is 3.66. The number of aromatic hydroxyl groups is 1. The third kappa shape index (κ3) is 2.06. The van der Waals surface area contributed by atoms with Crippen LogP contribution in [0.5, 0.6) is 5.75 Å². The molecule has 0 radical (unpaired) electrons. The Labute approximate surface area is 92.5 Å². The predicted octanol–water partition coefficient (Wildman–Crippen LogP) is 0.461. The minimum Gasteiger partial charge on any atom is -0.503 e. The zero-order chi connectivity index (χ0) is 11.6. The Balaban J connectivity index is 3.22. The van der Waals surface area contributed by atoms with E-state index in [1.54, 1.807) is 13.8 Å². The van der Waals surface area contributed by atoms with E-state index in [1.165, 1.54) is 4.31 Å². The summed E-state index contributed by atoms with van der Waals surface area (Å²) in [5.74, 6) is -0.599. The molecule has 0 aliphatic heterocycles. The zero-order valence-corrected chi connectivity index (χ0v) is 10.1. The van der Waals surface area contributed by atoms with Gasteiger partial charge in [-0.1, -0.05) is 13.8 Å². The number of nitrogens with zero attached hydrogens (tertiary/aromatic N) is 2. The van der Waals surface area contributed by atoms with Crippen molar-refractivity contribution in [3.8, 4) is 5.75 Å². The fourth-order valence-electron chi connectivity index (χ4n) is 1.13. The Morgan fingerprint density at radius 3 is 2.33 bits per heavy atom. The molecular formula is C7H13N3O3S2. The molecule has 15 heavy (non-hydrogen) atoms. The second-order valence-electron chi connectivity index (χ2n) is 2.79. The highest BCUT2D eigenvalue weighted by Crippen LogP contribution is 2.34. The van der Waals surface area contributed by atoms with Gasteiger partial charge in [-0.3, -0.25) is 0 Å². The monoisotopic (exact) mass is 251 g/mol. The number of rotatable bonds is 4. The van der Waals surface area contributed by atoms with Crippen LogP contribution in [0.4, 0.5) is 5.82 Å². The molecule has 0 aliphatic carbocycles. The maximum atomic E-state index is 11.9. The molecule has 6 nitrogen and oxygen atoms in total. The number of aromatic nitrogens is 1. The van der Waals surface area contributed by atoms with Crippen molar-refractivity contribution in [2.24, 2.45) is 0 Å². The second kappa shape index (κ2) is 4.33. The van der Waals surface area contributed by atoms with E-state index in [9.17, 15) is 13.5 Å². The summed E-state index contributed by atoms with van der Waals surface area (Å²) in [6.07, 6.45) is 0. The normalized spacial score (nSPS) is 12.2. The van der Waals surface area contributed by atoms with Gasteiger partial charge in [0.1, 0.15) is 0 Å². The van der Waals surface area contributed by atoms with Crippen molar-refractivity contribution in [2.75, 3.05) is 18.8 Å². The molecule has 0 atom stereocenters. The third-order valence-corrected chi connectivity index (χ3v) is 5.30. The first-order chi connectivity index (χ1) is 6.95. The van der Waals surface area contributed by atoms with E-state index in [4.69, 9.17) is 5.73 Å². The second-order valence-corrected chi connectivity index (χ2v) is 5.70. The van der Waals surface area contributed by atoms with Crippen molar-refractivity contribution in [1.82, 2.24) is 8.68 Å². The van der Waals surface area contributed by atoms with Gasteiger partial charge in [0.25, 0.3) is 10.0 Å². The highest BCUT2D eigenvalue weighted by Gasteiger charge is 2.28. The van der Waals surface area contributed by atoms with Gasteiger partial charge in [0, 0.05) is 13.1 Å². The molecule has 0 saturated heterocycles. The number of hydrogen-bond acceptors (Lipinski definition) is 6. The SMILES string of the molecule is CCN(CC)S(=O)(=O)c1snc(N)c1O. The van der Waals surface area contributed by atoms with Crippen LogP contribution < -0.4 is 5.73 Å². The molecule has 0 amide bonds. The standard InChI is InChI=1S/C7H13N3O3S2/c1-3-10(4-2)15(12,13)7-5(11)6(8)9-14-7/h11H,3-4H2,1-2H3,(H2,8,9). The Bertz CT molecular complexity index is 436. The number of nitrogen functional groups attached to an aromatic ring is 1. The molecule has 0 bridgehead atoms. The van der Waals surface area contributed by atoms with Gasteiger partial charge < -0.3 is 10.8 Å². The van der Waals surface area contributed by atoms with Crippen molar-refractivity contribution < 1.29 is 13.5 Å². The molecule has 8 heteroatoms. The molecule has 0 aromatic carbocycles. The summed E-state index contributed by atoms with van der Waals surface area (Å²) >= 11 is 0.688. The molecule has 0 aliphatic rings. The molecule has 1 aromatic heterocycles. The Kier molecular flexibility index (Phi) is 3.53. The summed E-state index contributed by atoms with van der Waals surface area (Å²) in [6, 6.07) is 0. The highest BCUT2D eigenvalue weighted by atomic mass is 32.2. The largest absolute Gasteiger partial charge is 0.503 e. The van der Waals surface area contributed by atoms with E-state index < -0.39 is 15.8 Å². The van der Waals surface area contributed by atoms with Crippen molar-refractivity contribution >= 4 is 27.4 Å².